The fourth-order valence-electron chi connectivity index (χ4n) is 2.35. The van der Waals surface area contributed by atoms with Gasteiger partial charge in [0.25, 0.3) is 0 Å². The van der Waals surface area contributed by atoms with Crippen LogP contribution in [0, 0.1) is 5.82 Å². The number of nitrogens with zero attached hydrogens (tertiary/aromatic N) is 2. The molecule has 0 saturated carbocycles. The Morgan fingerprint density at radius 2 is 2.24 bits per heavy atom. The van der Waals surface area contributed by atoms with Gasteiger partial charge in [0.1, 0.15) is 5.82 Å². The Morgan fingerprint density at radius 3 is 2.86 bits per heavy atom. The van der Waals surface area contributed by atoms with Crippen molar-refractivity contribution in [2.24, 2.45) is 7.05 Å². The minimum absolute atomic E-state index is 0.160. The van der Waals surface area contributed by atoms with Crippen LogP contribution in [0.1, 0.15) is 36.9 Å². The number of benzene rings is 1. The first-order chi connectivity index (χ1) is 10.1. The van der Waals surface area contributed by atoms with Crippen LogP contribution in [0.4, 0.5) is 4.39 Å². The first-order valence-electron chi connectivity index (χ1n) is 7.26. The zero-order chi connectivity index (χ0) is 15.2. The number of nitrogens with one attached hydrogen (secondary N) is 1. The van der Waals surface area contributed by atoms with Crippen LogP contribution < -0.4 is 5.32 Å². The Morgan fingerprint density at radius 1 is 1.43 bits per heavy atom. The van der Waals surface area contributed by atoms with E-state index in [2.05, 4.69) is 33.3 Å². The molecule has 0 amide bonds. The summed E-state index contributed by atoms with van der Waals surface area (Å²) in [7, 11) is 1.92. The van der Waals surface area contributed by atoms with E-state index in [0.717, 1.165) is 31.4 Å². The molecule has 1 N–H and O–H groups in total. The van der Waals surface area contributed by atoms with Crippen LogP contribution in [-0.2, 0) is 13.5 Å². The molecule has 0 aliphatic carbocycles. The highest BCUT2D eigenvalue weighted by Gasteiger charge is 2.13. The highest BCUT2D eigenvalue weighted by molar-refractivity contribution is 9.10. The normalized spacial score (nSPS) is 12.6. The number of aryl methyl sites for hydroxylation is 2. The lowest BCUT2D eigenvalue weighted by atomic mass is 10.00. The quantitative estimate of drug-likeness (QED) is 0.815. The maximum absolute atomic E-state index is 13.7. The average Bonchev–Trinajstić information content (AvgIpc) is 2.88. The van der Waals surface area contributed by atoms with Gasteiger partial charge in [0, 0.05) is 19.3 Å². The fraction of sp³-hybridized carbons (Fsp3) is 0.438. The van der Waals surface area contributed by atoms with E-state index in [9.17, 15) is 4.39 Å². The minimum Gasteiger partial charge on any atom is -0.310 e. The highest BCUT2D eigenvalue weighted by Crippen LogP contribution is 2.24. The van der Waals surface area contributed by atoms with E-state index in [1.54, 1.807) is 12.1 Å². The SMILES string of the molecule is CCCNC(CCc1cnn(C)c1)c1ccc(Br)c(F)c1. The zero-order valence-corrected chi connectivity index (χ0v) is 14.0. The van der Waals surface area contributed by atoms with Gasteiger partial charge in [-0.15, -0.1) is 0 Å². The maximum atomic E-state index is 13.7. The standard InChI is InChI=1S/C16H21BrFN3/c1-3-8-19-16(7-4-12-10-20-21(2)11-12)13-5-6-14(17)15(18)9-13/h5-6,9-11,16,19H,3-4,7-8H2,1-2H3. The lowest BCUT2D eigenvalue weighted by molar-refractivity contribution is 0.495. The average molecular weight is 354 g/mol. The molecule has 1 aromatic heterocycles. The van der Waals surface area contributed by atoms with E-state index in [1.807, 2.05) is 30.2 Å². The Balaban J connectivity index is 2.07. The molecule has 5 heteroatoms. The Labute approximate surface area is 133 Å². The molecular weight excluding hydrogens is 333 g/mol. The smallest absolute Gasteiger partial charge is 0.137 e. The highest BCUT2D eigenvalue weighted by atomic mass is 79.9. The second-order valence-electron chi connectivity index (χ2n) is 5.24. The molecule has 0 aliphatic rings. The van der Waals surface area contributed by atoms with Gasteiger partial charge in [-0.05, 0) is 65.0 Å². The summed E-state index contributed by atoms with van der Waals surface area (Å²) >= 11 is 3.20. The van der Waals surface area contributed by atoms with Crippen molar-refractivity contribution < 1.29 is 4.39 Å². The second-order valence-corrected chi connectivity index (χ2v) is 6.10. The molecular formula is C16H21BrFN3. The predicted molar refractivity (Wildman–Crippen MR) is 86.7 cm³/mol. The summed E-state index contributed by atoms with van der Waals surface area (Å²) in [6.07, 6.45) is 6.82. The first-order valence-corrected chi connectivity index (χ1v) is 8.05. The third kappa shape index (κ3) is 4.64. The minimum atomic E-state index is -0.211. The molecule has 2 rings (SSSR count). The van der Waals surface area contributed by atoms with Gasteiger partial charge < -0.3 is 5.32 Å². The van der Waals surface area contributed by atoms with Crippen LogP contribution in [0.25, 0.3) is 0 Å². The molecule has 0 spiro atoms. The maximum Gasteiger partial charge on any atom is 0.137 e. The van der Waals surface area contributed by atoms with Crippen molar-refractivity contribution in [2.75, 3.05) is 6.54 Å². The van der Waals surface area contributed by atoms with E-state index >= 15 is 0 Å². The summed E-state index contributed by atoms with van der Waals surface area (Å²) in [5, 5.41) is 7.69. The van der Waals surface area contributed by atoms with E-state index in [4.69, 9.17) is 0 Å². The predicted octanol–water partition coefficient (Wildman–Crippen LogP) is 4.00. The van der Waals surface area contributed by atoms with Gasteiger partial charge in [-0.2, -0.15) is 5.10 Å². The van der Waals surface area contributed by atoms with Crippen LogP contribution in [-0.4, -0.2) is 16.3 Å². The molecule has 3 nitrogen and oxygen atoms in total. The Bertz CT molecular complexity index is 583. The summed E-state index contributed by atoms with van der Waals surface area (Å²) in [4.78, 5) is 0. The molecule has 1 aromatic carbocycles. The molecule has 0 saturated heterocycles. The second kappa shape index (κ2) is 7.71. The number of hydrogen-bond donors (Lipinski definition) is 1. The van der Waals surface area contributed by atoms with Crippen LogP contribution in [0.5, 0.6) is 0 Å². The summed E-state index contributed by atoms with van der Waals surface area (Å²) in [5.74, 6) is -0.211. The van der Waals surface area contributed by atoms with Crippen molar-refractivity contribution in [1.29, 1.82) is 0 Å². The number of halogens is 2. The topological polar surface area (TPSA) is 29.9 Å². The molecule has 1 atom stereocenters. The molecule has 21 heavy (non-hydrogen) atoms. The molecule has 114 valence electrons. The van der Waals surface area contributed by atoms with Crippen LogP contribution in [0.3, 0.4) is 0 Å². The summed E-state index contributed by atoms with van der Waals surface area (Å²) < 4.78 is 16.1. The van der Waals surface area contributed by atoms with E-state index < -0.39 is 0 Å². The Kier molecular flexibility index (Phi) is 5.94. The number of aromatic nitrogens is 2. The molecule has 0 fully saturated rings. The first kappa shape index (κ1) is 16.2. The third-order valence-corrected chi connectivity index (χ3v) is 4.11. The molecule has 0 bridgehead atoms. The van der Waals surface area contributed by atoms with Crippen molar-refractivity contribution in [3.63, 3.8) is 0 Å². The van der Waals surface area contributed by atoms with Crippen molar-refractivity contribution >= 4 is 15.9 Å². The van der Waals surface area contributed by atoms with Crippen molar-refractivity contribution in [3.8, 4) is 0 Å². The third-order valence-electron chi connectivity index (χ3n) is 3.47. The van der Waals surface area contributed by atoms with Crippen molar-refractivity contribution in [1.82, 2.24) is 15.1 Å². The van der Waals surface area contributed by atoms with Crippen LogP contribution in [0.15, 0.2) is 35.1 Å². The van der Waals surface area contributed by atoms with Gasteiger partial charge in [-0.1, -0.05) is 13.0 Å². The Hall–Kier alpha value is -1.20. The molecule has 0 radical (unpaired) electrons. The number of rotatable bonds is 7. The largest absolute Gasteiger partial charge is 0.310 e. The van der Waals surface area contributed by atoms with E-state index in [1.165, 1.54) is 5.56 Å². The van der Waals surface area contributed by atoms with E-state index in [0.29, 0.717) is 4.47 Å². The fourth-order valence-corrected chi connectivity index (χ4v) is 2.59. The van der Waals surface area contributed by atoms with Gasteiger partial charge in [-0.25, -0.2) is 4.39 Å². The summed E-state index contributed by atoms with van der Waals surface area (Å²) in [5.41, 5.74) is 2.20. The summed E-state index contributed by atoms with van der Waals surface area (Å²) in [6, 6.07) is 5.52. The van der Waals surface area contributed by atoms with Gasteiger partial charge in [0.05, 0.1) is 10.7 Å². The molecule has 2 aromatic rings. The van der Waals surface area contributed by atoms with Crippen LogP contribution in [0.2, 0.25) is 0 Å². The monoisotopic (exact) mass is 353 g/mol. The lowest BCUT2D eigenvalue weighted by Crippen LogP contribution is -2.22. The van der Waals surface area contributed by atoms with Gasteiger partial charge in [0.2, 0.25) is 0 Å². The zero-order valence-electron chi connectivity index (χ0n) is 12.4. The van der Waals surface area contributed by atoms with Crippen molar-refractivity contribution in [2.45, 2.75) is 32.2 Å². The van der Waals surface area contributed by atoms with Crippen LogP contribution >= 0.6 is 15.9 Å². The van der Waals surface area contributed by atoms with E-state index in [-0.39, 0.29) is 11.9 Å². The molecule has 0 aliphatic heterocycles. The number of hydrogen-bond acceptors (Lipinski definition) is 2. The van der Waals surface area contributed by atoms with Gasteiger partial charge >= 0.3 is 0 Å². The van der Waals surface area contributed by atoms with Crippen molar-refractivity contribution in [3.05, 3.63) is 52.0 Å². The lowest BCUT2D eigenvalue weighted by Gasteiger charge is -2.19. The summed E-state index contributed by atoms with van der Waals surface area (Å²) in [6.45, 7) is 3.06. The molecule has 1 heterocycles. The van der Waals surface area contributed by atoms with Gasteiger partial charge in [0.15, 0.2) is 0 Å². The van der Waals surface area contributed by atoms with Gasteiger partial charge in [-0.3, -0.25) is 4.68 Å². The molecule has 1 unspecified atom stereocenters.